The second-order valence-electron chi connectivity index (χ2n) is 3.58. The molecule has 0 aromatic heterocycles. The average molecular weight is 171 g/mol. The van der Waals surface area contributed by atoms with Crippen LogP contribution in [0.4, 0.5) is 0 Å². The predicted octanol–water partition coefficient (Wildman–Crippen LogP) is 0.544. The normalized spacial score (nSPS) is 36.0. The maximum absolute atomic E-state index is 5.70. The summed E-state index contributed by atoms with van der Waals surface area (Å²) in [6, 6.07) is 0. The summed E-state index contributed by atoms with van der Waals surface area (Å²) in [5, 5.41) is 3.28. The second-order valence-corrected chi connectivity index (χ2v) is 3.58. The van der Waals surface area contributed by atoms with Crippen molar-refractivity contribution in [3.05, 3.63) is 0 Å². The van der Waals surface area contributed by atoms with Gasteiger partial charge in [-0.15, -0.1) is 0 Å². The van der Waals surface area contributed by atoms with E-state index in [-0.39, 0.29) is 0 Å². The molecule has 0 aliphatic carbocycles. The molecule has 2 saturated heterocycles. The van der Waals surface area contributed by atoms with Crippen LogP contribution in [-0.2, 0) is 9.47 Å². The first-order valence-corrected chi connectivity index (χ1v) is 4.89. The summed E-state index contributed by atoms with van der Waals surface area (Å²) < 4.78 is 11.2. The Balaban J connectivity index is 1.60. The SMILES string of the molecule is C1CO[C@H](CO[C@@H]2CCNC2)C1. The first kappa shape index (κ1) is 8.48. The molecule has 2 aliphatic heterocycles. The van der Waals surface area contributed by atoms with E-state index in [1.807, 2.05) is 0 Å². The third kappa shape index (κ3) is 2.19. The Morgan fingerprint density at radius 1 is 1.42 bits per heavy atom. The largest absolute Gasteiger partial charge is 0.376 e. The van der Waals surface area contributed by atoms with Crippen LogP contribution in [0, 0.1) is 0 Å². The molecule has 2 fully saturated rings. The molecule has 3 heteroatoms. The third-order valence-corrected chi connectivity index (χ3v) is 2.56. The van der Waals surface area contributed by atoms with E-state index < -0.39 is 0 Å². The molecule has 2 atom stereocenters. The summed E-state index contributed by atoms with van der Waals surface area (Å²) in [5.74, 6) is 0. The molecule has 70 valence electrons. The lowest BCUT2D eigenvalue weighted by Crippen LogP contribution is -2.22. The van der Waals surface area contributed by atoms with Gasteiger partial charge in [0.2, 0.25) is 0 Å². The van der Waals surface area contributed by atoms with Crippen LogP contribution < -0.4 is 5.32 Å². The first-order valence-electron chi connectivity index (χ1n) is 4.89. The monoisotopic (exact) mass is 171 g/mol. The molecule has 3 nitrogen and oxygen atoms in total. The Bertz CT molecular complexity index is 112. The molecule has 0 spiro atoms. The van der Waals surface area contributed by atoms with Crippen molar-refractivity contribution in [3.63, 3.8) is 0 Å². The molecular formula is C9H17NO2. The summed E-state index contributed by atoms with van der Waals surface area (Å²) in [6.07, 6.45) is 4.36. The third-order valence-electron chi connectivity index (χ3n) is 2.56. The minimum Gasteiger partial charge on any atom is -0.376 e. The Morgan fingerprint density at radius 3 is 3.08 bits per heavy atom. The van der Waals surface area contributed by atoms with Crippen LogP contribution in [0.25, 0.3) is 0 Å². The lowest BCUT2D eigenvalue weighted by Gasteiger charge is -2.14. The summed E-state index contributed by atoms with van der Waals surface area (Å²) in [6.45, 7) is 3.85. The molecule has 0 saturated carbocycles. The van der Waals surface area contributed by atoms with E-state index in [0.29, 0.717) is 12.2 Å². The zero-order valence-corrected chi connectivity index (χ0v) is 7.42. The minimum atomic E-state index is 0.380. The zero-order valence-electron chi connectivity index (χ0n) is 7.42. The summed E-state index contributed by atoms with van der Waals surface area (Å²) in [5.41, 5.74) is 0. The molecule has 0 aromatic carbocycles. The Labute approximate surface area is 73.4 Å². The maximum Gasteiger partial charge on any atom is 0.0809 e. The smallest absolute Gasteiger partial charge is 0.0809 e. The highest BCUT2D eigenvalue weighted by molar-refractivity contribution is 4.72. The van der Waals surface area contributed by atoms with E-state index in [4.69, 9.17) is 9.47 Å². The van der Waals surface area contributed by atoms with Crippen molar-refractivity contribution < 1.29 is 9.47 Å². The van der Waals surface area contributed by atoms with Gasteiger partial charge in [0.15, 0.2) is 0 Å². The number of rotatable bonds is 3. The van der Waals surface area contributed by atoms with Crippen LogP contribution >= 0.6 is 0 Å². The topological polar surface area (TPSA) is 30.5 Å². The van der Waals surface area contributed by atoms with Gasteiger partial charge >= 0.3 is 0 Å². The predicted molar refractivity (Wildman–Crippen MR) is 46.2 cm³/mol. The van der Waals surface area contributed by atoms with Crippen molar-refractivity contribution >= 4 is 0 Å². The number of nitrogens with one attached hydrogen (secondary N) is 1. The van der Waals surface area contributed by atoms with Gasteiger partial charge in [-0.1, -0.05) is 0 Å². The van der Waals surface area contributed by atoms with Gasteiger partial charge in [-0.3, -0.25) is 0 Å². The number of hydrogen-bond acceptors (Lipinski definition) is 3. The van der Waals surface area contributed by atoms with Crippen molar-refractivity contribution in [1.82, 2.24) is 5.32 Å². The van der Waals surface area contributed by atoms with Crippen molar-refractivity contribution in [1.29, 1.82) is 0 Å². The van der Waals surface area contributed by atoms with Gasteiger partial charge in [0.05, 0.1) is 18.8 Å². The molecule has 1 N–H and O–H groups in total. The number of hydrogen-bond donors (Lipinski definition) is 1. The Morgan fingerprint density at radius 2 is 2.42 bits per heavy atom. The fraction of sp³-hybridized carbons (Fsp3) is 1.00. The van der Waals surface area contributed by atoms with Gasteiger partial charge in [-0.05, 0) is 25.8 Å². The van der Waals surface area contributed by atoms with Crippen molar-refractivity contribution in [2.75, 3.05) is 26.3 Å². The van der Waals surface area contributed by atoms with Crippen LogP contribution in [0.3, 0.4) is 0 Å². The quantitative estimate of drug-likeness (QED) is 0.672. The van der Waals surface area contributed by atoms with Crippen molar-refractivity contribution in [2.45, 2.75) is 31.5 Å². The molecule has 12 heavy (non-hydrogen) atoms. The van der Waals surface area contributed by atoms with Gasteiger partial charge in [-0.25, -0.2) is 0 Å². The van der Waals surface area contributed by atoms with E-state index in [1.165, 1.54) is 12.8 Å². The summed E-state index contributed by atoms with van der Waals surface area (Å²) >= 11 is 0. The van der Waals surface area contributed by atoms with Gasteiger partial charge in [0.25, 0.3) is 0 Å². The maximum atomic E-state index is 5.70. The Kier molecular flexibility index (Phi) is 2.98. The van der Waals surface area contributed by atoms with Crippen LogP contribution in [0.5, 0.6) is 0 Å². The minimum absolute atomic E-state index is 0.380. The molecule has 0 amide bonds. The molecule has 2 rings (SSSR count). The van der Waals surface area contributed by atoms with Crippen LogP contribution in [-0.4, -0.2) is 38.5 Å². The van der Waals surface area contributed by atoms with Gasteiger partial charge < -0.3 is 14.8 Å². The van der Waals surface area contributed by atoms with Gasteiger partial charge in [0.1, 0.15) is 0 Å². The van der Waals surface area contributed by atoms with Crippen LogP contribution in [0.15, 0.2) is 0 Å². The molecule has 0 aromatic rings. The highest BCUT2D eigenvalue weighted by Gasteiger charge is 2.19. The van der Waals surface area contributed by atoms with E-state index in [1.54, 1.807) is 0 Å². The lowest BCUT2D eigenvalue weighted by atomic mass is 10.2. The second kappa shape index (κ2) is 4.21. The lowest BCUT2D eigenvalue weighted by molar-refractivity contribution is -0.0131. The van der Waals surface area contributed by atoms with E-state index in [2.05, 4.69) is 5.32 Å². The molecule has 2 aliphatic rings. The van der Waals surface area contributed by atoms with Crippen LogP contribution in [0.2, 0.25) is 0 Å². The Hall–Kier alpha value is -0.120. The fourth-order valence-electron chi connectivity index (χ4n) is 1.79. The van der Waals surface area contributed by atoms with E-state index in [0.717, 1.165) is 32.7 Å². The number of ether oxygens (including phenoxy) is 2. The van der Waals surface area contributed by atoms with Gasteiger partial charge in [-0.2, -0.15) is 0 Å². The van der Waals surface area contributed by atoms with E-state index in [9.17, 15) is 0 Å². The summed E-state index contributed by atoms with van der Waals surface area (Å²) in [4.78, 5) is 0. The van der Waals surface area contributed by atoms with Gasteiger partial charge in [0, 0.05) is 13.2 Å². The highest BCUT2D eigenvalue weighted by atomic mass is 16.5. The first-order chi connectivity index (χ1) is 5.95. The molecule has 0 bridgehead atoms. The summed E-state index contributed by atoms with van der Waals surface area (Å²) in [7, 11) is 0. The van der Waals surface area contributed by atoms with Crippen molar-refractivity contribution in [3.8, 4) is 0 Å². The fourth-order valence-corrected chi connectivity index (χ4v) is 1.79. The van der Waals surface area contributed by atoms with Crippen molar-refractivity contribution in [2.24, 2.45) is 0 Å². The average Bonchev–Trinajstić information content (AvgIpc) is 2.74. The zero-order chi connectivity index (χ0) is 8.23. The molecule has 0 radical (unpaired) electrons. The van der Waals surface area contributed by atoms with E-state index >= 15 is 0 Å². The molecular weight excluding hydrogens is 154 g/mol. The molecule has 2 heterocycles. The van der Waals surface area contributed by atoms with Crippen LogP contribution in [0.1, 0.15) is 19.3 Å². The molecule has 0 unspecified atom stereocenters. The standard InChI is InChI=1S/C9H17NO2/c1-2-9(11-5-1)7-12-8-3-4-10-6-8/h8-10H,1-7H2/t8-,9+/m1/s1. The highest BCUT2D eigenvalue weighted by Crippen LogP contribution is 2.13.